The number of carbonyl (C=O) groups excluding carboxylic acids is 2. The largest absolute Gasteiger partial charge is 0.454 e. The average Bonchev–Trinajstić information content (AvgIpc) is 3.17. The summed E-state index contributed by atoms with van der Waals surface area (Å²) in [5.41, 5.74) is 1.65. The van der Waals surface area contributed by atoms with Gasteiger partial charge in [-0.2, -0.15) is 0 Å². The summed E-state index contributed by atoms with van der Waals surface area (Å²) in [4.78, 5) is 30.6. The maximum atomic E-state index is 12.4. The van der Waals surface area contributed by atoms with E-state index >= 15 is 0 Å². The highest BCUT2D eigenvalue weighted by atomic mass is 16.7. The number of carbonyl (C=O) groups is 2. The Morgan fingerprint density at radius 3 is 2.74 bits per heavy atom. The van der Waals surface area contributed by atoms with E-state index in [2.05, 4.69) is 17.2 Å². The number of rotatable bonds is 7. The van der Waals surface area contributed by atoms with Gasteiger partial charge in [-0.15, -0.1) is 0 Å². The lowest BCUT2D eigenvalue weighted by Gasteiger charge is -2.16. The maximum absolute atomic E-state index is 12.4. The minimum absolute atomic E-state index is 0.138. The number of aromatic nitrogens is 1. The number of hydrogen-bond acceptors (Lipinski definition) is 5. The average molecular weight is 369 g/mol. The molecule has 7 heteroatoms. The molecule has 27 heavy (non-hydrogen) atoms. The minimum Gasteiger partial charge on any atom is -0.454 e. The van der Waals surface area contributed by atoms with E-state index in [0.29, 0.717) is 35.7 Å². The standard InChI is InChI=1S/C20H23N3O4/c1-3-4-7-23(2)20(25)16-9-15(11-21-12-16)19(24)22-10-14-5-6-17-18(8-14)27-13-26-17/h5-6,8-9,11-12H,3-4,7,10,13H2,1-2H3,(H,22,24). The molecule has 0 saturated heterocycles. The lowest BCUT2D eigenvalue weighted by atomic mass is 10.1. The maximum Gasteiger partial charge on any atom is 0.255 e. The fourth-order valence-electron chi connectivity index (χ4n) is 2.73. The highest BCUT2D eigenvalue weighted by Crippen LogP contribution is 2.32. The molecule has 0 unspecified atom stereocenters. The number of hydrogen-bond donors (Lipinski definition) is 1. The van der Waals surface area contributed by atoms with Gasteiger partial charge in [0.1, 0.15) is 0 Å². The van der Waals surface area contributed by atoms with E-state index in [0.717, 1.165) is 18.4 Å². The molecule has 2 amide bonds. The van der Waals surface area contributed by atoms with Crippen molar-refractivity contribution in [3.63, 3.8) is 0 Å². The Hall–Kier alpha value is -3.09. The van der Waals surface area contributed by atoms with Crippen LogP contribution in [0.3, 0.4) is 0 Å². The van der Waals surface area contributed by atoms with Crippen LogP contribution in [0.2, 0.25) is 0 Å². The van der Waals surface area contributed by atoms with Crippen molar-refractivity contribution in [2.24, 2.45) is 0 Å². The molecule has 2 heterocycles. The first-order valence-corrected chi connectivity index (χ1v) is 8.95. The molecule has 1 aromatic carbocycles. The number of ether oxygens (including phenoxy) is 2. The molecule has 1 aliphatic heterocycles. The third-order valence-electron chi connectivity index (χ3n) is 4.33. The van der Waals surface area contributed by atoms with E-state index in [9.17, 15) is 9.59 Å². The lowest BCUT2D eigenvalue weighted by molar-refractivity contribution is 0.0793. The van der Waals surface area contributed by atoms with Crippen LogP contribution in [0.25, 0.3) is 0 Å². The predicted molar refractivity (Wildman–Crippen MR) is 99.8 cm³/mol. The fraction of sp³-hybridized carbons (Fsp3) is 0.350. The Labute approximate surface area is 158 Å². The smallest absolute Gasteiger partial charge is 0.255 e. The summed E-state index contributed by atoms with van der Waals surface area (Å²) in [7, 11) is 1.75. The molecule has 7 nitrogen and oxygen atoms in total. The molecule has 1 aliphatic rings. The van der Waals surface area contributed by atoms with Crippen LogP contribution in [-0.4, -0.2) is 42.1 Å². The molecule has 0 spiro atoms. The van der Waals surface area contributed by atoms with Crippen molar-refractivity contribution in [3.8, 4) is 11.5 Å². The highest BCUT2D eigenvalue weighted by molar-refractivity contribution is 5.99. The van der Waals surface area contributed by atoms with Crippen molar-refractivity contribution in [2.45, 2.75) is 26.3 Å². The van der Waals surface area contributed by atoms with Gasteiger partial charge >= 0.3 is 0 Å². The van der Waals surface area contributed by atoms with Crippen LogP contribution in [0.1, 0.15) is 46.0 Å². The van der Waals surface area contributed by atoms with Gasteiger partial charge in [-0.25, -0.2) is 0 Å². The summed E-state index contributed by atoms with van der Waals surface area (Å²) in [6.45, 7) is 3.30. The van der Waals surface area contributed by atoms with Crippen molar-refractivity contribution in [1.29, 1.82) is 0 Å². The van der Waals surface area contributed by atoms with E-state index in [4.69, 9.17) is 9.47 Å². The molecule has 1 aromatic heterocycles. The van der Waals surface area contributed by atoms with Crippen LogP contribution < -0.4 is 14.8 Å². The van der Waals surface area contributed by atoms with Crippen LogP contribution in [0, 0.1) is 0 Å². The SMILES string of the molecule is CCCCN(C)C(=O)c1cncc(C(=O)NCc2ccc3c(c2)OCO3)c1. The molecule has 0 radical (unpaired) electrons. The van der Waals surface area contributed by atoms with Gasteiger partial charge in [-0.05, 0) is 30.2 Å². The lowest BCUT2D eigenvalue weighted by Crippen LogP contribution is -2.28. The first-order valence-electron chi connectivity index (χ1n) is 8.95. The summed E-state index contributed by atoms with van der Waals surface area (Å²) in [6.07, 6.45) is 4.89. The number of unbranched alkanes of at least 4 members (excludes halogenated alkanes) is 1. The molecule has 0 aliphatic carbocycles. The molecule has 0 fully saturated rings. The number of benzene rings is 1. The molecule has 0 saturated carbocycles. The van der Waals surface area contributed by atoms with E-state index in [1.54, 1.807) is 18.0 Å². The Balaban J connectivity index is 1.62. The van der Waals surface area contributed by atoms with Crippen LogP contribution in [-0.2, 0) is 6.54 Å². The normalized spacial score (nSPS) is 11.9. The summed E-state index contributed by atoms with van der Waals surface area (Å²) in [5.74, 6) is 0.950. The van der Waals surface area contributed by atoms with E-state index in [-0.39, 0.29) is 18.6 Å². The fourth-order valence-corrected chi connectivity index (χ4v) is 2.73. The van der Waals surface area contributed by atoms with Crippen molar-refractivity contribution in [1.82, 2.24) is 15.2 Å². The second-order valence-electron chi connectivity index (χ2n) is 6.41. The van der Waals surface area contributed by atoms with E-state index < -0.39 is 0 Å². The molecule has 0 bridgehead atoms. The van der Waals surface area contributed by atoms with Crippen molar-refractivity contribution in [2.75, 3.05) is 20.4 Å². The number of nitrogens with one attached hydrogen (secondary N) is 1. The summed E-state index contributed by atoms with van der Waals surface area (Å²) >= 11 is 0. The van der Waals surface area contributed by atoms with Crippen LogP contribution >= 0.6 is 0 Å². The van der Waals surface area contributed by atoms with Gasteiger partial charge in [0, 0.05) is 32.5 Å². The second-order valence-corrected chi connectivity index (χ2v) is 6.41. The summed E-state index contributed by atoms with van der Waals surface area (Å²) in [6, 6.07) is 7.10. The highest BCUT2D eigenvalue weighted by Gasteiger charge is 2.16. The second kappa shape index (κ2) is 8.53. The zero-order chi connectivity index (χ0) is 19.2. The zero-order valence-electron chi connectivity index (χ0n) is 15.5. The van der Waals surface area contributed by atoms with Crippen LogP contribution in [0.5, 0.6) is 11.5 Å². The molecule has 3 rings (SSSR count). The molecule has 1 N–H and O–H groups in total. The monoisotopic (exact) mass is 369 g/mol. The summed E-state index contributed by atoms with van der Waals surface area (Å²) in [5, 5.41) is 2.84. The number of nitrogens with zero attached hydrogens (tertiary/aromatic N) is 2. The van der Waals surface area contributed by atoms with Crippen molar-refractivity contribution in [3.05, 3.63) is 53.3 Å². The van der Waals surface area contributed by atoms with Gasteiger partial charge in [0.15, 0.2) is 11.5 Å². The van der Waals surface area contributed by atoms with Crippen molar-refractivity contribution < 1.29 is 19.1 Å². The minimum atomic E-state index is -0.286. The van der Waals surface area contributed by atoms with Crippen LogP contribution in [0.15, 0.2) is 36.7 Å². The topological polar surface area (TPSA) is 80.8 Å². The number of fused-ring (bicyclic) bond motifs is 1. The third-order valence-corrected chi connectivity index (χ3v) is 4.33. The predicted octanol–water partition coefficient (Wildman–Crippen LogP) is 2.61. The van der Waals surface area contributed by atoms with Gasteiger partial charge in [0.25, 0.3) is 11.8 Å². The van der Waals surface area contributed by atoms with Crippen molar-refractivity contribution >= 4 is 11.8 Å². The molecular weight excluding hydrogens is 346 g/mol. The molecular formula is C20H23N3O4. The Morgan fingerprint density at radius 2 is 1.93 bits per heavy atom. The summed E-state index contributed by atoms with van der Waals surface area (Å²) < 4.78 is 10.6. The van der Waals surface area contributed by atoms with E-state index in [1.807, 2.05) is 18.2 Å². The first kappa shape index (κ1) is 18.7. The molecule has 2 aromatic rings. The Bertz CT molecular complexity index is 838. The van der Waals surface area contributed by atoms with Gasteiger partial charge in [-0.1, -0.05) is 19.4 Å². The van der Waals surface area contributed by atoms with Gasteiger partial charge in [0.05, 0.1) is 11.1 Å². The third kappa shape index (κ3) is 4.55. The first-order chi connectivity index (χ1) is 13.1. The molecule has 142 valence electrons. The van der Waals surface area contributed by atoms with Gasteiger partial charge in [-0.3, -0.25) is 14.6 Å². The number of pyridine rings is 1. The van der Waals surface area contributed by atoms with E-state index in [1.165, 1.54) is 12.4 Å². The Morgan fingerprint density at radius 1 is 1.15 bits per heavy atom. The molecule has 0 atom stereocenters. The zero-order valence-corrected chi connectivity index (χ0v) is 15.5. The van der Waals surface area contributed by atoms with Gasteiger partial charge in [0.2, 0.25) is 6.79 Å². The quantitative estimate of drug-likeness (QED) is 0.811. The Kier molecular flexibility index (Phi) is 5.90. The van der Waals surface area contributed by atoms with Gasteiger partial charge < -0.3 is 19.7 Å². The number of amides is 2. The van der Waals surface area contributed by atoms with Crippen LogP contribution in [0.4, 0.5) is 0 Å².